The Balaban J connectivity index is 1.69. The van der Waals surface area contributed by atoms with Gasteiger partial charge < -0.3 is 10.4 Å². The first-order valence-corrected chi connectivity index (χ1v) is 7.19. The van der Waals surface area contributed by atoms with Gasteiger partial charge in [0.1, 0.15) is 0 Å². The number of fused-ring (bicyclic) bond motifs is 1. The van der Waals surface area contributed by atoms with Gasteiger partial charge in [-0.15, -0.1) is 0 Å². The van der Waals surface area contributed by atoms with Gasteiger partial charge in [-0.2, -0.15) is 5.10 Å². The summed E-state index contributed by atoms with van der Waals surface area (Å²) in [5, 5.41) is 16.7. The van der Waals surface area contributed by atoms with Gasteiger partial charge in [-0.1, -0.05) is 0 Å². The molecule has 2 unspecified atom stereocenters. The smallest absolute Gasteiger partial charge is 0.0640 e. The van der Waals surface area contributed by atoms with Crippen LogP contribution in [0.1, 0.15) is 19.4 Å². The highest BCUT2D eigenvalue weighted by Crippen LogP contribution is 2.41. The van der Waals surface area contributed by atoms with Crippen LogP contribution in [0.4, 0.5) is 0 Å². The first-order valence-electron chi connectivity index (χ1n) is 7.19. The maximum Gasteiger partial charge on any atom is 0.0640 e. The number of hydrogen-bond acceptors (Lipinski definition) is 4. The zero-order valence-electron chi connectivity index (χ0n) is 11.8. The van der Waals surface area contributed by atoms with Crippen LogP contribution in [0, 0.1) is 11.8 Å². The van der Waals surface area contributed by atoms with E-state index in [-0.39, 0.29) is 12.1 Å². The minimum absolute atomic E-state index is 0.145. The highest BCUT2D eigenvalue weighted by Gasteiger charge is 2.49. The van der Waals surface area contributed by atoms with Crippen molar-refractivity contribution in [2.45, 2.75) is 32.5 Å². The molecule has 0 aliphatic carbocycles. The Kier molecular flexibility index (Phi) is 3.37. The van der Waals surface area contributed by atoms with Gasteiger partial charge in [-0.3, -0.25) is 9.58 Å². The molecular weight excluding hydrogens is 240 g/mol. The van der Waals surface area contributed by atoms with Crippen molar-refractivity contribution in [3.8, 4) is 0 Å². The van der Waals surface area contributed by atoms with E-state index in [2.05, 4.69) is 35.4 Å². The Bertz CT molecular complexity index is 442. The average molecular weight is 264 g/mol. The highest BCUT2D eigenvalue weighted by atomic mass is 16.3. The monoisotopic (exact) mass is 264 g/mol. The minimum atomic E-state index is 0.145. The molecule has 0 saturated carbocycles. The molecule has 0 amide bonds. The fourth-order valence-electron chi connectivity index (χ4n) is 3.71. The van der Waals surface area contributed by atoms with Crippen LogP contribution in [0.2, 0.25) is 0 Å². The van der Waals surface area contributed by atoms with Crippen LogP contribution in [-0.4, -0.2) is 51.6 Å². The SMILES string of the molecule is CC1(C)C2CNCC2CN1Cc1cnn(CCO)c1. The number of likely N-dealkylation sites (tertiary alicyclic amines) is 1. The van der Waals surface area contributed by atoms with Crippen molar-refractivity contribution in [2.75, 3.05) is 26.2 Å². The quantitative estimate of drug-likeness (QED) is 0.821. The molecule has 2 aliphatic rings. The molecule has 2 N–H and O–H groups in total. The highest BCUT2D eigenvalue weighted by molar-refractivity contribution is 5.10. The normalized spacial score (nSPS) is 29.8. The van der Waals surface area contributed by atoms with Gasteiger partial charge in [-0.25, -0.2) is 0 Å². The molecule has 2 atom stereocenters. The lowest BCUT2D eigenvalue weighted by atomic mass is 9.85. The van der Waals surface area contributed by atoms with Crippen molar-refractivity contribution in [2.24, 2.45) is 11.8 Å². The van der Waals surface area contributed by atoms with Gasteiger partial charge in [0.2, 0.25) is 0 Å². The van der Waals surface area contributed by atoms with Gasteiger partial charge in [0.15, 0.2) is 0 Å². The van der Waals surface area contributed by atoms with Crippen LogP contribution in [0.3, 0.4) is 0 Å². The van der Waals surface area contributed by atoms with Crippen LogP contribution in [0.15, 0.2) is 12.4 Å². The molecular formula is C14H24N4O. The molecule has 3 heterocycles. The van der Waals surface area contributed by atoms with E-state index in [0.717, 1.165) is 31.5 Å². The third-order valence-electron chi connectivity index (χ3n) is 4.91. The van der Waals surface area contributed by atoms with Gasteiger partial charge >= 0.3 is 0 Å². The maximum absolute atomic E-state index is 8.93. The van der Waals surface area contributed by atoms with E-state index in [4.69, 9.17) is 5.11 Å². The topological polar surface area (TPSA) is 53.3 Å². The van der Waals surface area contributed by atoms with Gasteiger partial charge in [0.25, 0.3) is 0 Å². The van der Waals surface area contributed by atoms with Crippen LogP contribution >= 0.6 is 0 Å². The summed E-state index contributed by atoms with van der Waals surface area (Å²) in [6.07, 6.45) is 3.98. The predicted molar refractivity (Wildman–Crippen MR) is 73.7 cm³/mol. The van der Waals surface area contributed by atoms with Gasteiger partial charge in [0.05, 0.1) is 19.3 Å². The van der Waals surface area contributed by atoms with E-state index in [1.165, 1.54) is 12.1 Å². The summed E-state index contributed by atoms with van der Waals surface area (Å²) in [6, 6.07) is 0. The minimum Gasteiger partial charge on any atom is -0.394 e. The molecule has 2 saturated heterocycles. The number of nitrogens with one attached hydrogen (secondary N) is 1. The molecule has 5 nitrogen and oxygen atoms in total. The molecule has 19 heavy (non-hydrogen) atoms. The second-order valence-corrected chi connectivity index (χ2v) is 6.39. The number of nitrogens with zero attached hydrogens (tertiary/aromatic N) is 3. The largest absolute Gasteiger partial charge is 0.394 e. The Hall–Kier alpha value is -0.910. The summed E-state index contributed by atoms with van der Waals surface area (Å²) < 4.78 is 1.82. The maximum atomic E-state index is 8.93. The van der Waals surface area contributed by atoms with E-state index in [9.17, 15) is 0 Å². The summed E-state index contributed by atoms with van der Waals surface area (Å²) >= 11 is 0. The van der Waals surface area contributed by atoms with Crippen LogP contribution in [0.5, 0.6) is 0 Å². The van der Waals surface area contributed by atoms with Crippen molar-refractivity contribution < 1.29 is 5.11 Å². The van der Waals surface area contributed by atoms with E-state index >= 15 is 0 Å². The predicted octanol–water partition coefficient (Wildman–Crippen LogP) is 0.305. The molecule has 0 radical (unpaired) electrons. The van der Waals surface area contributed by atoms with Crippen LogP contribution in [0.25, 0.3) is 0 Å². The standard InChI is InChI=1S/C14H24N4O/c1-14(2)13-7-15-6-12(13)10-17(14)8-11-5-16-18(9-11)3-4-19/h5,9,12-13,15,19H,3-4,6-8,10H2,1-2H3. The Labute approximate surface area is 114 Å². The third-order valence-corrected chi connectivity index (χ3v) is 4.91. The summed E-state index contributed by atoms with van der Waals surface area (Å²) in [7, 11) is 0. The zero-order chi connectivity index (χ0) is 13.5. The van der Waals surface area contributed by atoms with Crippen molar-refractivity contribution in [1.29, 1.82) is 0 Å². The second kappa shape index (κ2) is 4.89. The first-order chi connectivity index (χ1) is 9.11. The first kappa shape index (κ1) is 13.1. The molecule has 106 valence electrons. The molecule has 0 spiro atoms. The summed E-state index contributed by atoms with van der Waals surface area (Å²) in [5.41, 5.74) is 1.50. The Morgan fingerprint density at radius 2 is 2.32 bits per heavy atom. The lowest BCUT2D eigenvalue weighted by molar-refractivity contribution is 0.132. The fourth-order valence-corrected chi connectivity index (χ4v) is 3.71. The lowest BCUT2D eigenvalue weighted by Gasteiger charge is -2.35. The van der Waals surface area contributed by atoms with Crippen molar-refractivity contribution >= 4 is 0 Å². The summed E-state index contributed by atoms with van der Waals surface area (Å²) in [5.74, 6) is 1.56. The second-order valence-electron chi connectivity index (χ2n) is 6.39. The van der Waals surface area contributed by atoms with Crippen LogP contribution < -0.4 is 5.32 Å². The molecule has 0 bridgehead atoms. The number of hydrogen-bond donors (Lipinski definition) is 2. The van der Waals surface area contributed by atoms with Crippen LogP contribution in [-0.2, 0) is 13.1 Å². The number of rotatable bonds is 4. The fraction of sp³-hybridized carbons (Fsp3) is 0.786. The van der Waals surface area contributed by atoms with Crippen molar-refractivity contribution in [3.63, 3.8) is 0 Å². The molecule has 1 aromatic rings. The van der Waals surface area contributed by atoms with E-state index < -0.39 is 0 Å². The van der Waals surface area contributed by atoms with E-state index in [0.29, 0.717) is 6.54 Å². The number of aliphatic hydroxyl groups excluding tert-OH is 1. The Morgan fingerprint density at radius 1 is 1.47 bits per heavy atom. The lowest BCUT2D eigenvalue weighted by Crippen LogP contribution is -2.43. The van der Waals surface area contributed by atoms with E-state index in [1.54, 1.807) is 0 Å². The molecule has 2 aliphatic heterocycles. The molecule has 3 rings (SSSR count). The molecule has 1 aromatic heterocycles. The van der Waals surface area contributed by atoms with Gasteiger partial charge in [0, 0.05) is 36.9 Å². The average Bonchev–Trinajstić information content (AvgIpc) is 3.02. The van der Waals surface area contributed by atoms with Crippen molar-refractivity contribution in [1.82, 2.24) is 20.0 Å². The van der Waals surface area contributed by atoms with E-state index in [1.807, 2.05) is 10.9 Å². The third kappa shape index (κ3) is 2.30. The molecule has 2 fully saturated rings. The summed E-state index contributed by atoms with van der Waals surface area (Å²) in [6.45, 7) is 9.91. The number of aliphatic hydroxyl groups is 1. The molecule has 0 aromatic carbocycles. The molecule has 5 heteroatoms. The van der Waals surface area contributed by atoms with Gasteiger partial charge in [-0.05, 0) is 32.2 Å². The van der Waals surface area contributed by atoms with Crippen molar-refractivity contribution in [3.05, 3.63) is 18.0 Å². The summed E-state index contributed by atoms with van der Waals surface area (Å²) in [4.78, 5) is 2.59. The Morgan fingerprint density at radius 3 is 3.05 bits per heavy atom. The zero-order valence-corrected chi connectivity index (χ0v) is 11.8. The number of aromatic nitrogens is 2.